The lowest BCUT2D eigenvalue weighted by atomic mass is 9.87. The fourth-order valence-corrected chi connectivity index (χ4v) is 3.72. The SMILES string of the molecule is COC(=O)[C@H]1CCC[C@H](Oc2ccc(-c3nnn(C)c3CCCO)nc2C)C1. The van der Waals surface area contributed by atoms with Crippen molar-refractivity contribution in [1.82, 2.24) is 20.0 Å². The van der Waals surface area contributed by atoms with Crippen molar-refractivity contribution in [3.63, 3.8) is 0 Å². The molecule has 152 valence electrons. The Morgan fingerprint density at radius 2 is 2.18 bits per heavy atom. The molecule has 0 amide bonds. The number of aliphatic hydroxyl groups excluding tert-OH is 1. The first kappa shape index (κ1) is 20.3. The molecule has 1 saturated carbocycles. The largest absolute Gasteiger partial charge is 0.489 e. The van der Waals surface area contributed by atoms with Gasteiger partial charge in [-0.2, -0.15) is 0 Å². The fraction of sp³-hybridized carbons (Fsp3) is 0.600. The highest BCUT2D eigenvalue weighted by molar-refractivity contribution is 5.72. The molecule has 2 heterocycles. The molecule has 3 rings (SSSR count). The van der Waals surface area contributed by atoms with Crippen LogP contribution in [-0.2, 0) is 23.0 Å². The van der Waals surface area contributed by atoms with Gasteiger partial charge in [-0.25, -0.2) is 4.98 Å². The smallest absolute Gasteiger partial charge is 0.308 e. The average molecular weight is 388 g/mol. The zero-order chi connectivity index (χ0) is 20.1. The van der Waals surface area contributed by atoms with Crippen LogP contribution in [0.15, 0.2) is 12.1 Å². The number of hydrogen-bond donors (Lipinski definition) is 1. The van der Waals surface area contributed by atoms with Crippen molar-refractivity contribution >= 4 is 5.97 Å². The van der Waals surface area contributed by atoms with Gasteiger partial charge in [0.15, 0.2) is 0 Å². The minimum absolute atomic E-state index is 0.0131. The van der Waals surface area contributed by atoms with E-state index in [9.17, 15) is 4.79 Å². The summed E-state index contributed by atoms with van der Waals surface area (Å²) in [5, 5.41) is 17.4. The first-order valence-corrected chi connectivity index (χ1v) is 9.75. The molecule has 1 aliphatic rings. The van der Waals surface area contributed by atoms with Gasteiger partial charge in [0.05, 0.1) is 36.2 Å². The van der Waals surface area contributed by atoms with Crippen molar-refractivity contribution in [3.8, 4) is 17.1 Å². The zero-order valence-corrected chi connectivity index (χ0v) is 16.7. The molecular weight excluding hydrogens is 360 g/mol. The van der Waals surface area contributed by atoms with Gasteiger partial charge in [0, 0.05) is 13.7 Å². The van der Waals surface area contributed by atoms with Crippen LogP contribution in [0.3, 0.4) is 0 Å². The second-order valence-electron chi connectivity index (χ2n) is 7.24. The van der Waals surface area contributed by atoms with Crippen molar-refractivity contribution in [2.24, 2.45) is 13.0 Å². The van der Waals surface area contributed by atoms with Crippen LogP contribution in [0.5, 0.6) is 5.75 Å². The van der Waals surface area contributed by atoms with Crippen LogP contribution >= 0.6 is 0 Å². The van der Waals surface area contributed by atoms with Crippen molar-refractivity contribution in [3.05, 3.63) is 23.5 Å². The van der Waals surface area contributed by atoms with Gasteiger partial charge < -0.3 is 14.6 Å². The maximum Gasteiger partial charge on any atom is 0.308 e. The summed E-state index contributed by atoms with van der Waals surface area (Å²) >= 11 is 0. The summed E-state index contributed by atoms with van der Waals surface area (Å²) in [6.45, 7) is 2.03. The number of nitrogens with zero attached hydrogens (tertiary/aromatic N) is 4. The topological polar surface area (TPSA) is 99.4 Å². The molecule has 1 fully saturated rings. The molecular formula is C20H28N4O4. The second kappa shape index (κ2) is 9.14. The molecule has 0 aliphatic heterocycles. The van der Waals surface area contributed by atoms with Crippen LogP contribution in [0.4, 0.5) is 0 Å². The summed E-state index contributed by atoms with van der Waals surface area (Å²) in [5.41, 5.74) is 3.19. The number of aryl methyl sites for hydroxylation is 2. The number of hydrogen-bond acceptors (Lipinski definition) is 7. The molecule has 28 heavy (non-hydrogen) atoms. The highest BCUT2D eigenvalue weighted by Crippen LogP contribution is 2.31. The predicted octanol–water partition coefficient (Wildman–Crippen LogP) is 2.22. The van der Waals surface area contributed by atoms with E-state index in [4.69, 9.17) is 14.6 Å². The molecule has 0 bridgehead atoms. The van der Waals surface area contributed by atoms with Crippen molar-refractivity contribution in [2.75, 3.05) is 13.7 Å². The van der Waals surface area contributed by atoms with Gasteiger partial charge in [0.2, 0.25) is 0 Å². The number of aliphatic hydroxyl groups is 1. The van der Waals surface area contributed by atoms with Crippen LogP contribution in [0, 0.1) is 12.8 Å². The summed E-state index contributed by atoms with van der Waals surface area (Å²) in [5.74, 6) is 0.474. The summed E-state index contributed by atoms with van der Waals surface area (Å²) in [6, 6.07) is 3.79. The summed E-state index contributed by atoms with van der Waals surface area (Å²) < 4.78 is 12.8. The normalized spacial score (nSPS) is 19.4. The Hall–Kier alpha value is -2.48. The zero-order valence-electron chi connectivity index (χ0n) is 16.7. The van der Waals surface area contributed by atoms with Crippen molar-refractivity contribution < 1.29 is 19.4 Å². The second-order valence-corrected chi connectivity index (χ2v) is 7.24. The quantitative estimate of drug-likeness (QED) is 0.726. The number of pyridine rings is 1. The maximum atomic E-state index is 11.8. The lowest BCUT2D eigenvalue weighted by molar-refractivity contribution is -0.147. The van der Waals surface area contributed by atoms with E-state index in [0.717, 1.165) is 47.8 Å². The highest BCUT2D eigenvalue weighted by atomic mass is 16.5. The third-order valence-electron chi connectivity index (χ3n) is 5.25. The number of carbonyl (C=O) groups excluding carboxylic acids is 1. The third-order valence-corrected chi connectivity index (χ3v) is 5.25. The Balaban J connectivity index is 1.74. The summed E-state index contributed by atoms with van der Waals surface area (Å²) in [7, 11) is 3.27. The van der Waals surface area contributed by atoms with E-state index in [2.05, 4.69) is 15.3 Å². The average Bonchev–Trinajstić information content (AvgIpc) is 3.08. The van der Waals surface area contributed by atoms with Crippen molar-refractivity contribution in [1.29, 1.82) is 0 Å². The van der Waals surface area contributed by atoms with E-state index in [1.165, 1.54) is 7.11 Å². The van der Waals surface area contributed by atoms with Gasteiger partial charge in [-0.3, -0.25) is 9.48 Å². The van der Waals surface area contributed by atoms with Crippen LogP contribution in [0.25, 0.3) is 11.4 Å². The molecule has 0 unspecified atom stereocenters. The number of aromatic nitrogens is 4. The molecule has 8 heteroatoms. The van der Waals surface area contributed by atoms with E-state index >= 15 is 0 Å². The van der Waals surface area contributed by atoms with Gasteiger partial charge in [-0.1, -0.05) is 5.21 Å². The molecule has 0 saturated heterocycles. The minimum atomic E-state index is -0.156. The fourth-order valence-electron chi connectivity index (χ4n) is 3.72. The molecule has 0 spiro atoms. The van der Waals surface area contributed by atoms with E-state index in [1.54, 1.807) is 4.68 Å². The molecule has 0 radical (unpaired) electrons. The van der Waals surface area contributed by atoms with Crippen LogP contribution in [0.1, 0.15) is 43.5 Å². The minimum Gasteiger partial charge on any atom is -0.489 e. The van der Waals surface area contributed by atoms with E-state index in [-0.39, 0.29) is 24.6 Å². The number of methoxy groups -OCH3 is 1. The van der Waals surface area contributed by atoms with Gasteiger partial charge in [0.1, 0.15) is 11.4 Å². The van der Waals surface area contributed by atoms with Crippen LogP contribution in [0.2, 0.25) is 0 Å². The van der Waals surface area contributed by atoms with E-state index in [0.29, 0.717) is 19.3 Å². The Morgan fingerprint density at radius 3 is 2.89 bits per heavy atom. The highest BCUT2D eigenvalue weighted by Gasteiger charge is 2.29. The Morgan fingerprint density at radius 1 is 1.36 bits per heavy atom. The first-order chi connectivity index (χ1) is 13.5. The molecule has 1 N–H and O–H groups in total. The van der Waals surface area contributed by atoms with E-state index in [1.807, 2.05) is 26.1 Å². The summed E-state index contributed by atoms with van der Waals surface area (Å²) in [4.78, 5) is 16.5. The van der Waals surface area contributed by atoms with E-state index < -0.39 is 0 Å². The molecule has 2 aromatic rings. The molecule has 1 aliphatic carbocycles. The first-order valence-electron chi connectivity index (χ1n) is 9.75. The van der Waals surface area contributed by atoms with Crippen LogP contribution < -0.4 is 4.74 Å². The Labute approximate surface area is 164 Å². The number of ether oxygens (including phenoxy) is 2. The standard InChI is InChI=1S/C20H28N4O4/c1-13-18(28-15-7-4-6-14(12-15)20(26)27-3)10-9-16(21-13)19-17(8-5-11-25)24(2)23-22-19/h9-10,14-15,25H,4-8,11-12H2,1-3H3/t14-,15-/m0/s1. The maximum absolute atomic E-state index is 11.8. The van der Waals surface area contributed by atoms with Gasteiger partial charge in [-0.05, 0) is 57.6 Å². The predicted molar refractivity (Wildman–Crippen MR) is 103 cm³/mol. The number of esters is 1. The monoisotopic (exact) mass is 388 g/mol. The third kappa shape index (κ3) is 4.49. The van der Waals surface area contributed by atoms with Crippen molar-refractivity contribution in [2.45, 2.75) is 51.6 Å². The lowest BCUT2D eigenvalue weighted by Crippen LogP contribution is -2.30. The van der Waals surface area contributed by atoms with Gasteiger partial charge >= 0.3 is 5.97 Å². The van der Waals surface area contributed by atoms with Crippen LogP contribution in [-0.4, -0.2) is 50.9 Å². The van der Waals surface area contributed by atoms with Gasteiger partial charge in [0.25, 0.3) is 0 Å². The number of carbonyl (C=O) groups is 1. The lowest BCUT2D eigenvalue weighted by Gasteiger charge is -2.28. The molecule has 2 atom stereocenters. The van der Waals surface area contributed by atoms with Gasteiger partial charge in [-0.15, -0.1) is 5.10 Å². The Bertz CT molecular complexity index is 821. The molecule has 0 aromatic carbocycles. The number of rotatable bonds is 7. The summed E-state index contributed by atoms with van der Waals surface area (Å²) in [6.07, 6.45) is 4.71. The molecule has 8 nitrogen and oxygen atoms in total. The Kier molecular flexibility index (Phi) is 6.61. The molecule has 2 aromatic heterocycles.